The molecule has 0 spiro atoms. The number of aromatic hydroxyl groups is 1. The fraction of sp³-hybridized carbons (Fsp3) is 0.579. The first-order valence-corrected chi connectivity index (χ1v) is 10.2. The molecule has 1 aromatic rings. The molecule has 0 radical (unpaired) electrons. The third kappa shape index (κ3) is 5.10. The molecule has 31 heavy (non-hydrogen) atoms. The number of phenols is 1. The number of rotatable bonds is 10. The molecule has 2 aliphatic rings. The number of carbonyl (C=O) groups excluding carboxylic acids is 1. The van der Waals surface area contributed by atoms with E-state index in [0.29, 0.717) is 44.7 Å². The molecule has 170 valence electrons. The van der Waals surface area contributed by atoms with Gasteiger partial charge in [-0.05, 0) is 30.9 Å². The predicted molar refractivity (Wildman–Crippen MR) is 112 cm³/mol. The van der Waals surface area contributed by atoms with Crippen LogP contribution < -0.4 is 21.5 Å². The lowest BCUT2D eigenvalue weighted by atomic mass is 9.81. The van der Waals surface area contributed by atoms with Crippen molar-refractivity contribution < 1.29 is 34.6 Å². The molecule has 2 fully saturated rings. The summed E-state index contributed by atoms with van der Waals surface area (Å²) in [7, 11) is -1.51. The summed E-state index contributed by atoms with van der Waals surface area (Å²) in [5.41, 5.74) is 10.4. The number of benzene rings is 1. The maximum Gasteiger partial charge on any atom is 0.455 e. The van der Waals surface area contributed by atoms with E-state index in [1.165, 1.54) is 6.07 Å². The van der Waals surface area contributed by atoms with Crippen LogP contribution in [0.3, 0.4) is 0 Å². The van der Waals surface area contributed by atoms with Gasteiger partial charge in [0.15, 0.2) is 0 Å². The van der Waals surface area contributed by atoms with Gasteiger partial charge in [-0.15, -0.1) is 0 Å². The highest BCUT2D eigenvalue weighted by Crippen LogP contribution is 2.56. The van der Waals surface area contributed by atoms with Crippen molar-refractivity contribution in [1.82, 2.24) is 10.2 Å². The van der Waals surface area contributed by atoms with Crippen molar-refractivity contribution >= 4 is 19.0 Å². The Bertz CT molecular complexity index is 845. The molecule has 1 aliphatic carbocycles. The Balaban J connectivity index is 1.61. The highest BCUT2D eigenvalue weighted by Gasteiger charge is 2.48. The molecule has 1 saturated carbocycles. The first-order chi connectivity index (χ1) is 14.5. The van der Waals surface area contributed by atoms with Gasteiger partial charge in [-0.3, -0.25) is 9.69 Å². The molecule has 0 bridgehead atoms. The van der Waals surface area contributed by atoms with Crippen molar-refractivity contribution in [3.63, 3.8) is 0 Å². The number of hydrogen-bond donors (Lipinski definition) is 7. The van der Waals surface area contributed by atoms with E-state index in [1.807, 2.05) is 4.90 Å². The summed E-state index contributed by atoms with van der Waals surface area (Å²) in [5, 5.41) is 41.3. The smallest absolute Gasteiger partial charge is 0.455 e. The average molecular weight is 436 g/mol. The van der Waals surface area contributed by atoms with Gasteiger partial charge >= 0.3 is 13.1 Å². The molecule has 1 aromatic carbocycles. The van der Waals surface area contributed by atoms with Gasteiger partial charge in [0.1, 0.15) is 28.7 Å². The summed E-state index contributed by atoms with van der Waals surface area (Å²) in [5.74, 6) is -2.75. The molecule has 3 atom stereocenters. The number of ether oxygens (including phenoxy) is 1. The Morgan fingerprint density at radius 3 is 2.58 bits per heavy atom. The summed E-state index contributed by atoms with van der Waals surface area (Å²) < 4.78 is 5.78. The number of amides is 1. The number of nitrogens with zero attached hydrogens (tertiary/aromatic N) is 1. The average Bonchev–Trinajstić information content (AvgIpc) is 3.44. The fourth-order valence-electron chi connectivity index (χ4n) is 3.92. The molecular formula is C19H29BN4O7. The summed E-state index contributed by atoms with van der Waals surface area (Å²) in [4.78, 5) is 25.8. The minimum absolute atomic E-state index is 0.0383. The SMILES string of the molecule is CC(N)(CN1CC(Oc2ccc(C3CC3B(O)O)c(O)c2C(=O)O)C1)C(=O)NCCN. The van der Waals surface area contributed by atoms with E-state index < -0.39 is 30.2 Å². The zero-order chi connectivity index (χ0) is 22.9. The molecule has 12 heteroatoms. The van der Waals surface area contributed by atoms with E-state index in [2.05, 4.69) is 5.32 Å². The third-order valence-corrected chi connectivity index (χ3v) is 5.72. The molecule has 1 amide bonds. The van der Waals surface area contributed by atoms with Crippen LogP contribution in [0.2, 0.25) is 5.82 Å². The van der Waals surface area contributed by atoms with Crippen LogP contribution in [0.5, 0.6) is 11.5 Å². The van der Waals surface area contributed by atoms with Gasteiger partial charge in [0, 0.05) is 38.5 Å². The van der Waals surface area contributed by atoms with Crippen LogP contribution in [0.1, 0.15) is 35.2 Å². The fourth-order valence-corrected chi connectivity index (χ4v) is 3.92. The number of likely N-dealkylation sites (tertiary alicyclic amines) is 1. The van der Waals surface area contributed by atoms with Crippen molar-refractivity contribution in [2.75, 3.05) is 32.7 Å². The predicted octanol–water partition coefficient (Wildman–Crippen LogP) is -1.72. The zero-order valence-electron chi connectivity index (χ0n) is 17.3. The second kappa shape index (κ2) is 9.01. The Hall–Kier alpha value is -2.38. The minimum atomic E-state index is -1.51. The Labute approximate surface area is 180 Å². The van der Waals surface area contributed by atoms with Gasteiger partial charge in [0.25, 0.3) is 0 Å². The van der Waals surface area contributed by atoms with Crippen LogP contribution in [0, 0.1) is 0 Å². The monoisotopic (exact) mass is 436 g/mol. The first-order valence-electron chi connectivity index (χ1n) is 10.2. The van der Waals surface area contributed by atoms with Crippen molar-refractivity contribution in [3.8, 4) is 11.5 Å². The summed E-state index contributed by atoms with van der Waals surface area (Å²) in [6.07, 6.45) is 0.137. The zero-order valence-corrected chi connectivity index (χ0v) is 17.3. The van der Waals surface area contributed by atoms with Crippen LogP contribution in [0.15, 0.2) is 12.1 Å². The highest BCUT2D eigenvalue weighted by molar-refractivity contribution is 6.44. The highest BCUT2D eigenvalue weighted by atomic mass is 16.5. The number of nitrogens with one attached hydrogen (secondary N) is 1. The van der Waals surface area contributed by atoms with Gasteiger partial charge in [0.05, 0.1) is 0 Å². The second-order valence-corrected chi connectivity index (χ2v) is 8.50. The van der Waals surface area contributed by atoms with E-state index >= 15 is 0 Å². The molecule has 1 aliphatic heterocycles. The topological polar surface area (TPSA) is 192 Å². The van der Waals surface area contributed by atoms with E-state index in [1.54, 1.807) is 13.0 Å². The quantitative estimate of drug-likeness (QED) is 0.208. The standard InChI is InChI=1S/C19H29BN4O7/c1-19(22,18(28)23-5-4-21)9-24-7-10(8-24)31-14-3-2-11(12-6-13(12)20(29)30)16(25)15(14)17(26)27/h2-3,10,12-13,25,29-30H,4-9,21-22H2,1H3,(H,23,28)(H,26,27). The Morgan fingerprint density at radius 1 is 1.35 bits per heavy atom. The van der Waals surface area contributed by atoms with Gasteiger partial charge < -0.3 is 41.8 Å². The molecule has 11 nitrogen and oxygen atoms in total. The summed E-state index contributed by atoms with van der Waals surface area (Å²) >= 11 is 0. The second-order valence-electron chi connectivity index (χ2n) is 8.50. The maximum atomic E-state index is 12.1. The molecule has 9 N–H and O–H groups in total. The Kier molecular flexibility index (Phi) is 6.77. The maximum absolute atomic E-state index is 12.1. The van der Waals surface area contributed by atoms with Crippen molar-refractivity contribution in [2.45, 2.75) is 36.7 Å². The van der Waals surface area contributed by atoms with Crippen molar-refractivity contribution in [2.24, 2.45) is 11.5 Å². The van der Waals surface area contributed by atoms with E-state index in [9.17, 15) is 29.9 Å². The Morgan fingerprint density at radius 2 is 2.03 bits per heavy atom. The minimum Gasteiger partial charge on any atom is -0.507 e. The van der Waals surface area contributed by atoms with Crippen molar-refractivity contribution in [1.29, 1.82) is 0 Å². The third-order valence-electron chi connectivity index (χ3n) is 5.72. The van der Waals surface area contributed by atoms with Crippen LogP contribution >= 0.6 is 0 Å². The molecule has 0 aromatic heterocycles. The van der Waals surface area contributed by atoms with Gasteiger partial charge in [0.2, 0.25) is 5.91 Å². The molecule has 3 unspecified atom stereocenters. The number of nitrogens with two attached hydrogens (primary N) is 2. The van der Waals surface area contributed by atoms with Gasteiger partial charge in [-0.25, -0.2) is 4.79 Å². The first kappa shape index (κ1) is 23.3. The van der Waals surface area contributed by atoms with Crippen molar-refractivity contribution in [3.05, 3.63) is 23.3 Å². The summed E-state index contributed by atoms with van der Waals surface area (Å²) in [6, 6.07) is 3.03. The van der Waals surface area contributed by atoms with Gasteiger partial charge in [-0.2, -0.15) is 0 Å². The lowest BCUT2D eigenvalue weighted by Crippen LogP contribution is -2.64. The number of carbonyl (C=O) groups is 2. The lowest BCUT2D eigenvalue weighted by Gasteiger charge is -2.42. The van der Waals surface area contributed by atoms with Crippen LogP contribution in [-0.4, -0.2) is 88.5 Å². The van der Waals surface area contributed by atoms with E-state index in [-0.39, 0.29) is 29.2 Å². The van der Waals surface area contributed by atoms with Crippen LogP contribution in [-0.2, 0) is 4.79 Å². The van der Waals surface area contributed by atoms with Gasteiger partial charge in [-0.1, -0.05) is 6.07 Å². The summed E-state index contributed by atoms with van der Waals surface area (Å²) in [6.45, 7) is 3.47. The number of carboxylic acid groups (broad SMARTS) is 1. The van der Waals surface area contributed by atoms with E-state index in [4.69, 9.17) is 16.2 Å². The van der Waals surface area contributed by atoms with Crippen LogP contribution in [0.25, 0.3) is 0 Å². The number of carboxylic acids is 1. The molecular weight excluding hydrogens is 407 g/mol. The normalized spacial score (nSPS) is 22.9. The molecule has 1 saturated heterocycles. The number of hydrogen-bond acceptors (Lipinski definition) is 9. The lowest BCUT2D eigenvalue weighted by molar-refractivity contribution is -0.127. The molecule has 1 heterocycles. The number of aromatic carboxylic acids is 1. The van der Waals surface area contributed by atoms with Crippen LogP contribution in [0.4, 0.5) is 0 Å². The molecule has 3 rings (SSSR count). The van der Waals surface area contributed by atoms with E-state index in [0.717, 1.165) is 0 Å². The largest absolute Gasteiger partial charge is 0.507 e.